The Balaban J connectivity index is 1.61. The lowest BCUT2D eigenvalue weighted by Crippen LogP contribution is -2.34. The van der Waals surface area contributed by atoms with Gasteiger partial charge < -0.3 is 19.7 Å². The topological polar surface area (TPSA) is 80.6 Å². The molecular weight excluding hydrogens is 296 g/mol. The summed E-state index contributed by atoms with van der Waals surface area (Å²) in [6, 6.07) is 1.30. The molecule has 6 heteroatoms. The molecule has 3 atom stereocenters. The number of hydrogen-bond donors (Lipinski definition) is 2. The summed E-state index contributed by atoms with van der Waals surface area (Å²) in [5, 5.41) is 12.3. The summed E-state index contributed by atoms with van der Waals surface area (Å²) < 4.78 is 6.54. The predicted molar refractivity (Wildman–Crippen MR) is 85.0 cm³/mol. The zero-order valence-electron chi connectivity index (χ0n) is 13.2. The highest BCUT2D eigenvalue weighted by atomic mass is 16.5. The van der Waals surface area contributed by atoms with E-state index in [1.165, 1.54) is 25.8 Å². The van der Waals surface area contributed by atoms with E-state index in [1.54, 1.807) is 4.57 Å². The van der Waals surface area contributed by atoms with Gasteiger partial charge in [-0.3, -0.25) is 9.59 Å². The average Bonchev–Trinajstić information content (AvgIpc) is 3.17. The Bertz CT molecular complexity index is 680. The van der Waals surface area contributed by atoms with Crippen molar-refractivity contribution in [2.24, 2.45) is 17.8 Å². The van der Waals surface area contributed by atoms with Crippen molar-refractivity contribution in [2.45, 2.75) is 26.0 Å². The Morgan fingerprint density at radius 2 is 2.26 bits per heavy atom. The first-order valence-electron chi connectivity index (χ1n) is 7.94. The molecule has 0 aromatic carbocycles. The molecule has 3 rings (SSSR count). The van der Waals surface area contributed by atoms with Gasteiger partial charge in [0.25, 0.3) is 0 Å². The summed E-state index contributed by atoms with van der Waals surface area (Å²) in [7, 11) is 1.41. The number of amides is 1. The van der Waals surface area contributed by atoms with E-state index in [2.05, 4.69) is 17.5 Å². The maximum Gasteiger partial charge on any atom is 0.239 e. The quantitative estimate of drug-likeness (QED) is 0.756. The zero-order chi connectivity index (χ0) is 16.4. The molecular formula is C17H22N2O4. The molecule has 1 heterocycles. The van der Waals surface area contributed by atoms with Crippen LogP contribution in [0.4, 0.5) is 0 Å². The van der Waals surface area contributed by atoms with Crippen molar-refractivity contribution < 1.29 is 14.6 Å². The lowest BCUT2D eigenvalue weighted by atomic mass is 9.94. The normalized spacial score (nSPS) is 24.9. The van der Waals surface area contributed by atoms with Gasteiger partial charge in [0.1, 0.15) is 6.54 Å². The van der Waals surface area contributed by atoms with Crippen LogP contribution in [-0.4, -0.2) is 29.2 Å². The number of methoxy groups -OCH3 is 1. The van der Waals surface area contributed by atoms with Crippen molar-refractivity contribution in [3.63, 3.8) is 0 Å². The average molecular weight is 318 g/mol. The fraction of sp³-hybridized carbons (Fsp3) is 0.529. The van der Waals surface area contributed by atoms with Crippen LogP contribution in [0, 0.1) is 17.8 Å². The Labute approximate surface area is 134 Å². The Hall–Kier alpha value is -2.08. The van der Waals surface area contributed by atoms with Crippen LogP contribution in [0.2, 0.25) is 0 Å². The van der Waals surface area contributed by atoms with Crippen LogP contribution in [0.5, 0.6) is 5.75 Å². The molecule has 0 spiro atoms. The Morgan fingerprint density at radius 3 is 2.87 bits per heavy atom. The van der Waals surface area contributed by atoms with Gasteiger partial charge in [-0.15, -0.1) is 0 Å². The first-order chi connectivity index (χ1) is 11.1. The van der Waals surface area contributed by atoms with Gasteiger partial charge in [0.15, 0.2) is 5.75 Å². The molecule has 2 aliphatic carbocycles. The predicted octanol–water partition coefficient (Wildman–Crippen LogP) is 0.678. The molecule has 2 aliphatic rings. The molecule has 6 nitrogen and oxygen atoms in total. The lowest BCUT2D eigenvalue weighted by Gasteiger charge is -2.19. The Morgan fingerprint density at radius 1 is 1.43 bits per heavy atom. The maximum atomic E-state index is 12.2. The SMILES string of the molecule is COc1cn(CC(=O)NC[C@@H]2C[C@H]3C=C[C@H]2C3)c(CO)cc1=O. The second kappa shape index (κ2) is 6.58. The maximum absolute atomic E-state index is 12.2. The summed E-state index contributed by atoms with van der Waals surface area (Å²) in [5.41, 5.74) is 0.0933. The van der Waals surface area contributed by atoms with E-state index in [0.717, 1.165) is 6.42 Å². The number of nitrogens with zero attached hydrogens (tertiary/aromatic N) is 1. The smallest absolute Gasteiger partial charge is 0.239 e. The van der Waals surface area contributed by atoms with Crippen LogP contribution >= 0.6 is 0 Å². The second-order valence-electron chi connectivity index (χ2n) is 6.33. The van der Waals surface area contributed by atoms with Crippen LogP contribution in [0.15, 0.2) is 29.2 Å². The highest BCUT2D eigenvalue weighted by Crippen LogP contribution is 2.42. The number of aliphatic hydroxyl groups is 1. The first-order valence-corrected chi connectivity index (χ1v) is 7.94. The van der Waals surface area contributed by atoms with Gasteiger partial charge in [-0.2, -0.15) is 0 Å². The van der Waals surface area contributed by atoms with E-state index >= 15 is 0 Å². The monoisotopic (exact) mass is 318 g/mol. The number of nitrogens with one attached hydrogen (secondary N) is 1. The van der Waals surface area contributed by atoms with Crippen LogP contribution in [0.3, 0.4) is 0 Å². The van der Waals surface area contributed by atoms with Crippen molar-refractivity contribution in [3.05, 3.63) is 40.3 Å². The summed E-state index contributed by atoms with van der Waals surface area (Å²) in [4.78, 5) is 23.9. The van der Waals surface area contributed by atoms with Gasteiger partial charge in [-0.1, -0.05) is 12.2 Å². The van der Waals surface area contributed by atoms with Crippen molar-refractivity contribution in [1.82, 2.24) is 9.88 Å². The summed E-state index contributed by atoms with van der Waals surface area (Å²) in [6.45, 7) is 0.434. The Kier molecular flexibility index (Phi) is 4.52. The van der Waals surface area contributed by atoms with E-state index in [-0.39, 0.29) is 30.2 Å². The van der Waals surface area contributed by atoms with Gasteiger partial charge in [-0.05, 0) is 30.6 Å². The third-order valence-electron chi connectivity index (χ3n) is 4.86. The fourth-order valence-electron chi connectivity index (χ4n) is 3.62. The number of aromatic nitrogens is 1. The van der Waals surface area contributed by atoms with E-state index in [1.807, 2.05) is 0 Å². The van der Waals surface area contributed by atoms with Gasteiger partial charge in [0, 0.05) is 18.3 Å². The molecule has 0 saturated heterocycles. The van der Waals surface area contributed by atoms with Gasteiger partial charge >= 0.3 is 0 Å². The number of allylic oxidation sites excluding steroid dienone is 2. The number of carbonyl (C=O) groups is 1. The number of ether oxygens (including phenoxy) is 1. The molecule has 23 heavy (non-hydrogen) atoms. The van der Waals surface area contributed by atoms with Crippen LogP contribution < -0.4 is 15.5 Å². The molecule has 2 N–H and O–H groups in total. The number of carbonyl (C=O) groups excluding carboxylic acids is 1. The third-order valence-corrected chi connectivity index (χ3v) is 4.86. The minimum Gasteiger partial charge on any atom is -0.491 e. The molecule has 1 aromatic rings. The van der Waals surface area contributed by atoms with Crippen molar-refractivity contribution in [1.29, 1.82) is 0 Å². The van der Waals surface area contributed by atoms with E-state index in [0.29, 0.717) is 30.0 Å². The summed E-state index contributed by atoms with van der Waals surface area (Å²) >= 11 is 0. The van der Waals surface area contributed by atoms with Gasteiger partial charge in [0.05, 0.1) is 19.9 Å². The standard InChI is InChI=1S/C17H22N2O4/c1-23-16-8-19(14(10-20)6-15(16)21)9-17(22)18-7-13-5-11-2-3-12(13)4-11/h2-3,6,8,11-13,20H,4-5,7,9-10H2,1H3,(H,18,22)/t11-,12-,13-/m0/s1. The molecule has 1 amide bonds. The highest BCUT2D eigenvalue weighted by molar-refractivity contribution is 5.75. The minimum absolute atomic E-state index is 0.0587. The molecule has 1 saturated carbocycles. The molecule has 0 unspecified atom stereocenters. The summed E-state index contributed by atoms with van der Waals surface area (Å²) in [6.07, 6.45) is 8.37. The molecule has 1 fully saturated rings. The fourth-order valence-corrected chi connectivity index (χ4v) is 3.62. The molecule has 0 aliphatic heterocycles. The molecule has 1 aromatic heterocycles. The number of rotatable bonds is 6. The van der Waals surface area contributed by atoms with E-state index in [9.17, 15) is 14.7 Å². The minimum atomic E-state index is -0.304. The third kappa shape index (κ3) is 3.32. The molecule has 0 radical (unpaired) electrons. The number of hydrogen-bond acceptors (Lipinski definition) is 4. The largest absolute Gasteiger partial charge is 0.491 e. The first kappa shape index (κ1) is 15.8. The van der Waals surface area contributed by atoms with Gasteiger partial charge in [0.2, 0.25) is 11.3 Å². The molecule has 124 valence electrons. The summed E-state index contributed by atoms with van der Waals surface area (Å²) in [5.74, 6) is 1.84. The van der Waals surface area contributed by atoms with Crippen molar-refractivity contribution in [3.8, 4) is 5.75 Å². The van der Waals surface area contributed by atoms with E-state index in [4.69, 9.17) is 4.74 Å². The zero-order valence-corrected chi connectivity index (χ0v) is 13.2. The lowest BCUT2D eigenvalue weighted by molar-refractivity contribution is -0.121. The van der Waals surface area contributed by atoms with Crippen molar-refractivity contribution >= 4 is 5.91 Å². The van der Waals surface area contributed by atoms with E-state index < -0.39 is 0 Å². The van der Waals surface area contributed by atoms with Gasteiger partial charge in [-0.25, -0.2) is 0 Å². The number of fused-ring (bicyclic) bond motifs is 2. The van der Waals surface area contributed by atoms with Crippen molar-refractivity contribution in [2.75, 3.05) is 13.7 Å². The molecule has 2 bridgehead atoms. The van der Waals surface area contributed by atoms with Crippen LogP contribution in [-0.2, 0) is 17.9 Å². The highest BCUT2D eigenvalue weighted by Gasteiger charge is 2.35. The van der Waals surface area contributed by atoms with Crippen LogP contribution in [0.1, 0.15) is 18.5 Å². The number of aliphatic hydroxyl groups excluding tert-OH is 1. The van der Waals surface area contributed by atoms with Crippen LogP contribution in [0.25, 0.3) is 0 Å². The second-order valence-corrected chi connectivity index (χ2v) is 6.33. The number of pyridine rings is 1.